The fraction of sp³-hybridized carbons (Fsp3) is 1.00. The van der Waals surface area contributed by atoms with Crippen LogP contribution in [-0.2, 0) is 20.0 Å². The van der Waals surface area contributed by atoms with Gasteiger partial charge in [0, 0.05) is 19.6 Å². The first-order valence-electron chi connectivity index (χ1n) is 7.17. The summed E-state index contributed by atoms with van der Waals surface area (Å²) in [7, 11) is -6.68. The molecule has 3 unspecified atom stereocenters. The highest BCUT2D eigenvalue weighted by Gasteiger charge is 2.34. The lowest BCUT2D eigenvalue weighted by Crippen LogP contribution is -2.49. The van der Waals surface area contributed by atoms with E-state index in [4.69, 9.17) is 0 Å². The molecule has 2 rings (SSSR count). The van der Waals surface area contributed by atoms with Gasteiger partial charge in [0.05, 0.1) is 11.0 Å². The number of sulfone groups is 1. The van der Waals surface area contributed by atoms with Gasteiger partial charge in [-0.3, -0.25) is 0 Å². The number of hydrogen-bond acceptors (Lipinski definition) is 4. The van der Waals surface area contributed by atoms with E-state index in [9.17, 15) is 16.8 Å². The third-order valence-corrected chi connectivity index (χ3v) is 7.92. The van der Waals surface area contributed by atoms with Crippen molar-refractivity contribution in [3.05, 3.63) is 0 Å². The van der Waals surface area contributed by atoms with E-state index < -0.39 is 25.3 Å². The molecular weight excluding hydrogens is 300 g/mol. The summed E-state index contributed by atoms with van der Waals surface area (Å²) in [5.74, 6) is 0.855. The summed E-state index contributed by atoms with van der Waals surface area (Å²) in [5.41, 5.74) is 0. The van der Waals surface area contributed by atoms with E-state index >= 15 is 0 Å². The summed E-state index contributed by atoms with van der Waals surface area (Å²) in [5, 5.41) is -0.558. The Balaban J connectivity index is 1.97. The average molecular weight is 324 g/mol. The van der Waals surface area contributed by atoms with Crippen molar-refractivity contribution in [2.75, 3.05) is 25.4 Å². The highest BCUT2D eigenvalue weighted by atomic mass is 32.2. The van der Waals surface area contributed by atoms with Gasteiger partial charge >= 0.3 is 0 Å². The number of rotatable bonds is 4. The van der Waals surface area contributed by atoms with Crippen LogP contribution in [0.2, 0.25) is 0 Å². The van der Waals surface area contributed by atoms with E-state index in [1.807, 2.05) is 13.8 Å². The maximum Gasteiger partial charge on any atom is 0.279 e. The van der Waals surface area contributed by atoms with Gasteiger partial charge in [-0.15, -0.1) is 0 Å². The minimum absolute atomic E-state index is 0.00390. The predicted molar refractivity (Wildman–Crippen MR) is 78.2 cm³/mol. The Morgan fingerprint density at radius 2 is 1.80 bits per heavy atom. The largest absolute Gasteiger partial charge is 0.279 e. The predicted octanol–water partition coefficient (Wildman–Crippen LogP) is 0.376. The SMILES string of the molecule is CC1CC(C)CN(S(=O)(=O)NCC2CCCS2(=O)=O)C1. The van der Waals surface area contributed by atoms with Crippen LogP contribution in [0.1, 0.15) is 33.1 Å². The van der Waals surface area contributed by atoms with Crippen LogP contribution in [0, 0.1) is 11.8 Å². The van der Waals surface area contributed by atoms with Crippen LogP contribution in [0.4, 0.5) is 0 Å². The fourth-order valence-corrected chi connectivity index (χ4v) is 6.55. The highest BCUT2D eigenvalue weighted by Crippen LogP contribution is 2.23. The van der Waals surface area contributed by atoms with Gasteiger partial charge in [-0.2, -0.15) is 12.7 Å². The molecule has 2 saturated heterocycles. The van der Waals surface area contributed by atoms with Gasteiger partial charge < -0.3 is 0 Å². The molecule has 0 aromatic rings. The molecule has 0 aromatic carbocycles. The standard InChI is InChI=1S/C12H24N2O4S2/c1-10-6-11(2)9-14(8-10)20(17,18)13-7-12-4-3-5-19(12,15)16/h10-13H,3-9H2,1-2H3. The lowest BCUT2D eigenvalue weighted by molar-refractivity contribution is 0.220. The molecule has 0 aliphatic carbocycles. The maximum atomic E-state index is 12.3. The molecule has 0 amide bonds. The van der Waals surface area contributed by atoms with Gasteiger partial charge in [-0.1, -0.05) is 13.8 Å². The van der Waals surface area contributed by atoms with Crippen LogP contribution in [0.15, 0.2) is 0 Å². The fourth-order valence-electron chi connectivity index (χ4n) is 3.18. The lowest BCUT2D eigenvalue weighted by Gasteiger charge is -2.34. The average Bonchev–Trinajstić information content (AvgIpc) is 2.64. The Morgan fingerprint density at radius 3 is 2.30 bits per heavy atom. The molecule has 20 heavy (non-hydrogen) atoms. The zero-order chi connectivity index (χ0) is 15.0. The summed E-state index contributed by atoms with van der Waals surface area (Å²) < 4.78 is 51.9. The molecule has 0 bridgehead atoms. The Hall–Kier alpha value is -0.180. The van der Waals surface area contributed by atoms with Crippen LogP contribution in [0.3, 0.4) is 0 Å². The minimum Gasteiger partial charge on any atom is -0.229 e. The van der Waals surface area contributed by atoms with Gasteiger partial charge in [0.2, 0.25) is 0 Å². The van der Waals surface area contributed by atoms with E-state index in [2.05, 4.69) is 4.72 Å². The van der Waals surface area contributed by atoms with Crippen molar-refractivity contribution in [3.8, 4) is 0 Å². The summed E-state index contributed by atoms with van der Waals surface area (Å²) in [6.45, 7) is 5.11. The van der Waals surface area contributed by atoms with Crippen LogP contribution in [-0.4, -0.2) is 51.8 Å². The summed E-state index contributed by atoms with van der Waals surface area (Å²) in [4.78, 5) is 0. The third kappa shape index (κ3) is 3.72. The van der Waals surface area contributed by atoms with Crippen LogP contribution in [0.25, 0.3) is 0 Å². The molecule has 2 aliphatic heterocycles. The Kier molecular flexibility index (Phi) is 4.78. The van der Waals surface area contributed by atoms with Crippen molar-refractivity contribution in [2.45, 2.75) is 38.4 Å². The zero-order valence-electron chi connectivity index (χ0n) is 12.1. The van der Waals surface area contributed by atoms with Gasteiger partial charge in [0.25, 0.3) is 10.2 Å². The van der Waals surface area contributed by atoms with Crippen LogP contribution >= 0.6 is 0 Å². The topological polar surface area (TPSA) is 83.6 Å². The molecule has 2 aliphatic rings. The first-order chi connectivity index (χ1) is 9.21. The van der Waals surface area contributed by atoms with Crippen molar-refractivity contribution >= 4 is 20.0 Å². The smallest absolute Gasteiger partial charge is 0.229 e. The Labute approximate surface area is 122 Å². The molecule has 0 spiro atoms. The summed E-state index contributed by atoms with van der Waals surface area (Å²) >= 11 is 0. The van der Waals surface area contributed by atoms with E-state index in [1.165, 1.54) is 4.31 Å². The Bertz CT molecular complexity index is 534. The summed E-state index contributed by atoms with van der Waals surface area (Å²) in [6, 6.07) is 0. The molecule has 3 atom stereocenters. The van der Waals surface area contributed by atoms with E-state index in [1.54, 1.807) is 0 Å². The van der Waals surface area contributed by atoms with Gasteiger partial charge in [-0.25, -0.2) is 13.1 Å². The van der Waals surface area contributed by atoms with Crippen LogP contribution in [0.5, 0.6) is 0 Å². The molecule has 8 heteroatoms. The van der Waals surface area contributed by atoms with E-state index in [0.29, 0.717) is 37.8 Å². The van der Waals surface area contributed by atoms with Crippen molar-refractivity contribution in [1.29, 1.82) is 0 Å². The quantitative estimate of drug-likeness (QED) is 0.810. The monoisotopic (exact) mass is 324 g/mol. The number of nitrogens with zero attached hydrogens (tertiary/aromatic N) is 1. The van der Waals surface area contributed by atoms with Crippen molar-refractivity contribution < 1.29 is 16.8 Å². The number of nitrogens with one attached hydrogen (secondary N) is 1. The van der Waals surface area contributed by atoms with Crippen molar-refractivity contribution in [3.63, 3.8) is 0 Å². The first kappa shape index (κ1) is 16.2. The van der Waals surface area contributed by atoms with Crippen molar-refractivity contribution in [1.82, 2.24) is 9.03 Å². The van der Waals surface area contributed by atoms with Gasteiger partial charge in [0.15, 0.2) is 9.84 Å². The first-order valence-corrected chi connectivity index (χ1v) is 10.3. The molecule has 6 nitrogen and oxygen atoms in total. The van der Waals surface area contributed by atoms with E-state index in [0.717, 1.165) is 6.42 Å². The van der Waals surface area contributed by atoms with Gasteiger partial charge in [-0.05, 0) is 31.1 Å². The maximum absolute atomic E-state index is 12.3. The lowest BCUT2D eigenvalue weighted by atomic mass is 9.94. The summed E-state index contributed by atoms with van der Waals surface area (Å²) in [6.07, 6.45) is 2.22. The zero-order valence-corrected chi connectivity index (χ0v) is 13.7. The van der Waals surface area contributed by atoms with E-state index in [-0.39, 0.29) is 12.3 Å². The second-order valence-electron chi connectivity index (χ2n) is 6.25. The normalized spacial score (nSPS) is 35.2. The minimum atomic E-state index is -3.57. The molecule has 118 valence electrons. The Morgan fingerprint density at radius 1 is 1.20 bits per heavy atom. The molecular formula is C12H24N2O4S2. The third-order valence-electron chi connectivity index (χ3n) is 4.13. The number of hydrogen-bond donors (Lipinski definition) is 1. The molecule has 0 saturated carbocycles. The molecule has 0 aromatic heterocycles. The second-order valence-corrected chi connectivity index (χ2v) is 10.4. The molecule has 2 heterocycles. The molecule has 2 fully saturated rings. The molecule has 0 radical (unpaired) electrons. The highest BCUT2D eigenvalue weighted by molar-refractivity contribution is 7.92. The number of piperidine rings is 1. The van der Waals surface area contributed by atoms with Crippen molar-refractivity contribution in [2.24, 2.45) is 11.8 Å². The molecule has 1 N–H and O–H groups in total. The second kappa shape index (κ2) is 5.90. The van der Waals surface area contributed by atoms with Gasteiger partial charge in [0.1, 0.15) is 0 Å². The van der Waals surface area contributed by atoms with Crippen LogP contribution < -0.4 is 4.72 Å².